The van der Waals surface area contributed by atoms with E-state index in [1.54, 1.807) is 18.1 Å². The average Bonchev–Trinajstić information content (AvgIpc) is 2.18. The number of rotatable bonds is 6. The van der Waals surface area contributed by atoms with Crippen molar-refractivity contribution in [1.82, 2.24) is 0 Å². The second-order valence-electron chi connectivity index (χ2n) is 4.03. The topological polar surface area (TPSA) is 37.3 Å². The highest BCUT2D eigenvalue weighted by Crippen LogP contribution is 2.13. The Hall–Kier alpha value is -0.523. The highest BCUT2D eigenvalue weighted by molar-refractivity contribution is 6.58. The molecule has 0 radical (unpaired) electrons. The minimum atomic E-state index is -5.08. The molecule has 0 spiro atoms. The number of hydrogen-bond donors (Lipinski definition) is 1. The molecule has 0 fully saturated rings. The Labute approximate surface area is 103 Å². The van der Waals surface area contributed by atoms with Crippen LogP contribution in [0.4, 0.5) is 13.2 Å². The molecule has 0 atom stereocenters. The first-order chi connectivity index (χ1) is 7.79. The number of carbonyl (C=O) groups is 1. The summed E-state index contributed by atoms with van der Waals surface area (Å²) in [5.41, 5.74) is 0. The van der Waals surface area contributed by atoms with Crippen LogP contribution < -0.4 is 0 Å². The lowest BCUT2D eigenvalue weighted by atomic mass is 10.6. The predicted octanol–water partition coefficient (Wildman–Crippen LogP) is 4.08. The van der Waals surface area contributed by atoms with Crippen LogP contribution in [0.5, 0.6) is 0 Å². The van der Waals surface area contributed by atoms with E-state index in [4.69, 9.17) is 9.90 Å². The molecular formula is C11H23F3O2Si. The number of halogens is 3. The minimum absolute atomic E-state index is 0.234. The smallest absolute Gasteiger partial charge is 0.475 e. The van der Waals surface area contributed by atoms with Crippen LogP contribution in [0.15, 0.2) is 0 Å². The molecule has 17 heavy (non-hydrogen) atoms. The van der Waals surface area contributed by atoms with Crippen molar-refractivity contribution in [3.8, 4) is 0 Å². The third-order valence-electron chi connectivity index (χ3n) is 2.33. The van der Waals surface area contributed by atoms with Crippen LogP contribution in [0, 0.1) is 0 Å². The lowest BCUT2D eigenvalue weighted by Gasteiger charge is -2.10. The van der Waals surface area contributed by atoms with Crippen molar-refractivity contribution < 1.29 is 23.1 Å². The van der Waals surface area contributed by atoms with Crippen molar-refractivity contribution in [3.63, 3.8) is 0 Å². The molecule has 2 nitrogen and oxygen atoms in total. The van der Waals surface area contributed by atoms with Crippen LogP contribution in [-0.2, 0) is 4.79 Å². The monoisotopic (exact) mass is 272 g/mol. The summed E-state index contributed by atoms with van der Waals surface area (Å²) in [7, 11) is -0.234. The van der Waals surface area contributed by atoms with Crippen molar-refractivity contribution in [2.75, 3.05) is 0 Å². The number of aliphatic carboxylic acids is 1. The summed E-state index contributed by atoms with van der Waals surface area (Å²) in [4.78, 5) is 8.90. The second-order valence-corrected chi connectivity index (χ2v) is 7.50. The molecule has 0 aliphatic heterocycles. The maximum Gasteiger partial charge on any atom is 0.490 e. The van der Waals surface area contributed by atoms with Gasteiger partial charge in [0, 0.05) is 8.80 Å². The Morgan fingerprint density at radius 2 is 1.24 bits per heavy atom. The molecule has 104 valence electrons. The first kappa shape index (κ1) is 18.8. The normalized spacial score (nSPS) is 11.0. The minimum Gasteiger partial charge on any atom is -0.475 e. The largest absolute Gasteiger partial charge is 0.490 e. The van der Waals surface area contributed by atoms with Gasteiger partial charge in [0.1, 0.15) is 0 Å². The molecular weight excluding hydrogens is 249 g/mol. The Bertz CT molecular complexity index is 181. The number of carboxylic acids is 1. The third-order valence-corrected chi connectivity index (χ3v) is 6.51. The molecule has 6 heteroatoms. The summed E-state index contributed by atoms with van der Waals surface area (Å²) >= 11 is 0. The van der Waals surface area contributed by atoms with Gasteiger partial charge in [0.05, 0.1) is 0 Å². The molecule has 0 rings (SSSR count). The van der Waals surface area contributed by atoms with Crippen molar-refractivity contribution in [1.29, 1.82) is 0 Å². The highest BCUT2D eigenvalue weighted by Gasteiger charge is 2.38. The molecule has 1 N–H and O–H groups in total. The van der Waals surface area contributed by atoms with Gasteiger partial charge in [-0.05, 0) is 0 Å². The molecule has 0 heterocycles. The van der Waals surface area contributed by atoms with Crippen molar-refractivity contribution in [3.05, 3.63) is 0 Å². The van der Waals surface area contributed by atoms with Crippen LogP contribution in [0.3, 0.4) is 0 Å². The Kier molecular flexibility index (Phi) is 11.8. The van der Waals surface area contributed by atoms with Gasteiger partial charge in [-0.1, -0.05) is 58.2 Å². The molecule has 0 saturated heterocycles. The molecule has 0 aromatic rings. The number of hydrogen-bond acceptors (Lipinski definition) is 1. The van der Waals surface area contributed by atoms with Gasteiger partial charge >= 0.3 is 12.1 Å². The summed E-state index contributed by atoms with van der Waals surface area (Å²) in [6.07, 6.45) is -0.801. The van der Waals surface area contributed by atoms with Gasteiger partial charge < -0.3 is 5.11 Å². The summed E-state index contributed by atoms with van der Waals surface area (Å²) in [5.74, 6) is -2.76. The first-order valence-electron chi connectivity index (χ1n) is 6.09. The molecule has 0 aromatic carbocycles. The van der Waals surface area contributed by atoms with Gasteiger partial charge in [-0.15, -0.1) is 0 Å². The van der Waals surface area contributed by atoms with Crippen LogP contribution in [0.1, 0.15) is 40.0 Å². The van der Waals surface area contributed by atoms with Gasteiger partial charge in [-0.25, -0.2) is 4.79 Å². The zero-order chi connectivity index (χ0) is 13.9. The standard InChI is InChI=1S/C9H22Si.C2HF3O2/c1-4-7-10(8-5-2)9-6-3;3-2(4,5)1(6)7/h10H,4-9H2,1-3H3;(H,6,7). The highest BCUT2D eigenvalue weighted by atomic mass is 28.3. The van der Waals surface area contributed by atoms with E-state index >= 15 is 0 Å². The second kappa shape index (κ2) is 10.6. The van der Waals surface area contributed by atoms with Crippen LogP contribution in [0.2, 0.25) is 18.1 Å². The fourth-order valence-electron chi connectivity index (χ4n) is 1.66. The fraction of sp³-hybridized carbons (Fsp3) is 0.909. The van der Waals surface area contributed by atoms with E-state index in [0.717, 1.165) is 0 Å². The van der Waals surface area contributed by atoms with E-state index in [1.807, 2.05) is 0 Å². The summed E-state index contributed by atoms with van der Waals surface area (Å²) < 4.78 is 31.7. The van der Waals surface area contributed by atoms with Gasteiger partial charge in [-0.2, -0.15) is 13.2 Å². The van der Waals surface area contributed by atoms with Gasteiger partial charge in [-0.3, -0.25) is 0 Å². The maximum atomic E-state index is 10.6. The van der Waals surface area contributed by atoms with Gasteiger partial charge in [0.15, 0.2) is 0 Å². The van der Waals surface area contributed by atoms with Crippen LogP contribution in [0.25, 0.3) is 0 Å². The van der Waals surface area contributed by atoms with Gasteiger partial charge in [0.25, 0.3) is 0 Å². The zero-order valence-corrected chi connectivity index (χ0v) is 12.0. The summed E-state index contributed by atoms with van der Waals surface area (Å²) in [6.45, 7) is 6.97. The molecule has 0 saturated carbocycles. The lowest BCUT2D eigenvalue weighted by Crippen LogP contribution is -2.21. The molecule has 0 bridgehead atoms. The summed E-state index contributed by atoms with van der Waals surface area (Å²) in [5, 5.41) is 7.12. The Balaban J connectivity index is 0. The van der Waals surface area contributed by atoms with Crippen molar-refractivity contribution >= 4 is 14.8 Å². The fourth-order valence-corrected chi connectivity index (χ4v) is 4.97. The van der Waals surface area contributed by atoms with Crippen molar-refractivity contribution in [2.24, 2.45) is 0 Å². The average molecular weight is 272 g/mol. The quantitative estimate of drug-likeness (QED) is 0.740. The van der Waals surface area contributed by atoms with E-state index in [1.165, 1.54) is 19.3 Å². The maximum absolute atomic E-state index is 10.6. The van der Waals surface area contributed by atoms with Crippen LogP contribution >= 0.6 is 0 Å². The van der Waals surface area contributed by atoms with E-state index in [0.29, 0.717) is 0 Å². The SMILES string of the molecule is CCC[SiH](CCC)CCC.O=C(O)C(F)(F)F. The Morgan fingerprint density at radius 1 is 1.00 bits per heavy atom. The molecule has 0 aliphatic rings. The Morgan fingerprint density at radius 3 is 1.35 bits per heavy atom. The van der Waals surface area contributed by atoms with E-state index in [9.17, 15) is 13.2 Å². The molecule has 0 aliphatic carbocycles. The first-order valence-corrected chi connectivity index (χ1v) is 8.54. The lowest BCUT2D eigenvalue weighted by molar-refractivity contribution is -0.192. The molecule has 0 unspecified atom stereocenters. The number of alkyl halides is 3. The molecule has 0 amide bonds. The summed E-state index contributed by atoms with van der Waals surface area (Å²) in [6, 6.07) is 4.76. The van der Waals surface area contributed by atoms with Gasteiger partial charge in [0.2, 0.25) is 0 Å². The van der Waals surface area contributed by atoms with E-state index < -0.39 is 12.1 Å². The van der Waals surface area contributed by atoms with E-state index in [-0.39, 0.29) is 8.80 Å². The van der Waals surface area contributed by atoms with E-state index in [2.05, 4.69) is 20.8 Å². The number of carboxylic acid groups (broad SMARTS) is 1. The third kappa shape index (κ3) is 13.4. The van der Waals surface area contributed by atoms with Crippen LogP contribution in [-0.4, -0.2) is 26.0 Å². The predicted molar refractivity (Wildman–Crippen MR) is 66.1 cm³/mol. The molecule has 0 aromatic heterocycles. The van der Waals surface area contributed by atoms with Crippen molar-refractivity contribution in [2.45, 2.75) is 64.3 Å². The zero-order valence-electron chi connectivity index (χ0n) is 10.8.